The van der Waals surface area contributed by atoms with E-state index in [9.17, 15) is 4.79 Å². The molecule has 2 aliphatic rings. The molecule has 2 aromatic carbocycles. The van der Waals surface area contributed by atoms with Gasteiger partial charge in [0.25, 0.3) is 0 Å². The highest BCUT2D eigenvalue weighted by Gasteiger charge is 2.17. The number of benzene rings is 2. The van der Waals surface area contributed by atoms with Gasteiger partial charge < -0.3 is 14.8 Å². The average Bonchev–Trinajstić information content (AvgIpc) is 2.62. The summed E-state index contributed by atoms with van der Waals surface area (Å²) in [6.45, 7) is 2.35. The lowest BCUT2D eigenvalue weighted by Gasteiger charge is -2.24. The summed E-state index contributed by atoms with van der Waals surface area (Å²) in [5.74, 6) is 0.0897. The van der Waals surface area contributed by atoms with Crippen molar-refractivity contribution in [1.82, 2.24) is 5.32 Å². The van der Waals surface area contributed by atoms with Crippen molar-refractivity contribution in [3.8, 4) is 0 Å². The van der Waals surface area contributed by atoms with Crippen molar-refractivity contribution in [3.63, 3.8) is 0 Å². The summed E-state index contributed by atoms with van der Waals surface area (Å²) < 4.78 is 10.5. The first-order valence-corrected chi connectivity index (χ1v) is 7.81. The van der Waals surface area contributed by atoms with Gasteiger partial charge in [0.15, 0.2) is 5.78 Å². The van der Waals surface area contributed by atoms with Gasteiger partial charge in [-0.3, -0.25) is 4.79 Å². The van der Waals surface area contributed by atoms with Gasteiger partial charge in [-0.15, -0.1) is 12.4 Å². The molecule has 4 nitrogen and oxygen atoms in total. The molecule has 0 amide bonds. The summed E-state index contributed by atoms with van der Waals surface area (Å²) in [4.78, 5) is 11.2. The van der Waals surface area contributed by atoms with E-state index in [0.717, 1.165) is 24.3 Å². The standard InChI is InChI=1S/C10H13NO.C9H8O2.ClH/c1-11-10-7-12-6-8-4-2-3-5-9(8)10;10-9-6-11-5-7-3-1-2-4-8(7)9;/h2-5,10-11H,6-7H2,1H3;1-4H,5-6H2;1H. The Morgan fingerprint density at radius 2 is 1.58 bits per heavy atom. The van der Waals surface area contributed by atoms with Crippen molar-refractivity contribution >= 4 is 18.2 Å². The molecule has 5 heteroatoms. The third kappa shape index (κ3) is 4.22. The zero-order valence-corrected chi connectivity index (χ0v) is 14.5. The summed E-state index contributed by atoms with van der Waals surface area (Å²) in [6.07, 6.45) is 0. The number of likely N-dealkylation sites (N-methyl/N-ethyl adjacent to an activating group) is 1. The quantitative estimate of drug-likeness (QED) is 0.859. The van der Waals surface area contributed by atoms with Gasteiger partial charge in [-0.2, -0.15) is 0 Å². The number of Topliss-reactive ketones (excluding diaryl/α,β-unsaturated/α-hetero) is 1. The Kier molecular flexibility index (Phi) is 6.94. The first-order valence-electron chi connectivity index (χ1n) is 7.81. The third-order valence-corrected chi connectivity index (χ3v) is 4.13. The molecule has 0 saturated heterocycles. The lowest BCUT2D eigenvalue weighted by molar-refractivity contribution is 0.0665. The van der Waals surface area contributed by atoms with Gasteiger partial charge in [0.05, 0.1) is 25.9 Å². The highest BCUT2D eigenvalue weighted by molar-refractivity contribution is 5.99. The number of fused-ring (bicyclic) bond motifs is 2. The van der Waals surface area contributed by atoms with Crippen molar-refractivity contribution in [2.24, 2.45) is 0 Å². The predicted molar refractivity (Wildman–Crippen MR) is 95.6 cm³/mol. The molecule has 0 aromatic heterocycles. The molecule has 128 valence electrons. The zero-order valence-electron chi connectivity index (χ0n) is 13.7. The fourth-order valence-electron chi connectivity index (χ4n) is 2.87. The van der Waals surface area contributed by atoms with E-state index in [1.54, 1.807) is 0 Å². The molecule has 24 heavy (non-hydrogen) atoms. The van der Waals surface area contributed by atoms with Crippen LogP contribution in [0.15, 0.2) is 48.5 Å². The fourth-order valence-corrected chi connectivity index (χ4v) is 2.87. The maximum Gasteiger partial charge on any atom is 0.188 e. The molecule has 0 radical (unpaired) electrons. The molecule has 2 aromatic rings. The number of carbonyl (C=O) groups is 1. The smallest absolute Gasteiger partial charge is 0.188 e. The van der Waals surface area contributed by atoms with Crippen LogP contribution in [0.1, 0.15) is 33.1 Å². The minimum Gasteiger partial charge on any atom is -0.375 e. The van der Waals surface area contributed by atoms with Crippen molar-refractivity contribution in [2.45, 2.75) is 19.3 Å². The molecule has 0 saturated carbocycles. The molecule has 1 atom stereocenters. The van der Waals surface area contributed by atoms with Gasteiger partial charge in [-0.05, 0) is 23.7 Å². The van der Waals surface area contributed by atoms with E-state index in [0.29, 0.717) is 12.6 Å². The number of ether oxygens (including phenoxy) is 2. The van der Waals surface area contributed by atoms with E-state index >= 15 is 0 Å². The van der Waals surface area contributed by atoms with Gasteiger partial charge in [-0.25, -0.2) is 0 Å². The number of halogens is 1. The summed E-state index contributed by atoms with van der Waals surface area (Å²) in [6, 6.07) is 16.4. The van der Waals surface area contributed by atoms with Crippen LogP contribution in [0.2, 0.25) is 0 Å². The summed E-state index contributed by atoms with van der Waals surface area (Å²) in [5, 5.41) is 3.24. The van der Waals surface area contributed by atoms with E-state index in [2.05, 4.69) is 29.6 Å². The Morgan fingerprint density at radius 1 is 0.917 bits per heavy atom. The van der Waals surface area contributed by atoms with Crippen LogP contribution in [0.5, 0.6) is 0 Å². The molecule has 2 aliphatic heterocycles. The van der Waals surface area contributed by atoms with Crippen LogP contribution >= 0.6 is 12.4 Å². The van der Waals surface area contributed by atoms with Gasteiger partial charge in [-0.1, -0.05) is 48.5 Å². The number of rotatable bonds is 1. The average molecular weight is 348 g/mol. The molecular weight excluding hydrogens is 326 g/mol. The maximum atomic E-state index is 11.2. The van der Waals surface area contributed by atoms with Crippen LogP contribution < -0.4 is 5.32 Å². The molecule has 0 spiro atoms. The summed E-state index contributed by atoms with van der Waals surface area (Å²) in [7, 11) is 1.97. The van der Waals surface area contributed by atoms with E-state index in [1.807, 2.05) is 31.3 Å². The predicted octanol–water partition coefficient (Wildman–Crippen LogP) is 3.30. The van der Waals surface area contributed by atoms with Crippen LogP contribution in [0.3, 0.4) is 0 Å². The van der Waals surface area contributed by atoms with Crippen molar-refractivity contribution in [2.75, 3.05) is 20.3 Å². The number of ketones is 1. The molecule has 4 rings (SSSR count). The van der Waals surface area contributed by atoms with Gasteiger partial charge in [0.2, 0.25) is 0 Å². The Hall–Kier alpha value is -1.72. The number of hydrogen-bond acceptors (Lipinski definition) is 4. The first kappa shape index (κ1) is 18.6. The number of nitrogens with one attached hydrogen (secondary N) is 1. The lowest BCUT2D eigenvalue weighted by atomic mass is 9.99. The second-order valence-corrected chi connectivity index (χ2v) is 5.63. The molecular formula is C19H22ClNO3. The second-order valence-electron chi connectivity index (χ2n) is 5.63. The lowest BCUT2D eigenvalue weighted by Crippen LogP contribution is -2.26. The van der Waals surface area contributed by atoms with Crippen molar-refractivity contribution < 1.29 is 14.3 Å². The van der Waals surface area contributed by atoms with Crippen LogP contribution in [-0.2, 0) is 22.7 Å². The normalized spacial score (nSPS) is 18.4. The van der Waals surface area contributed by atoms with E-state index in [-0.39, 0.29) is 24.8 Å². The Balaban J connectivity index is 0.000000167. The topological polar surface area (TPSA) is 47.6 Å². The van der Waals surface area contributed by atoms with Crippen LogP contribution in [0, 0.1) is 0 Å². The Bertz CT molecular complexity index is 690. The largest absolute Gasteiger partial charge is 0.375 e. The minimum atomic E-state index is 0. The molecule has 1 N–H and O–H groups in total. The minimum absolute atomic E-state index is 0. The van der Waals surface area contributed by atoms with Crippen LogP contribution in [-0.4, -0.2) is 26.0 Å². The van der Waals surface area contributed by atoms with Crippen LogP contribution in [0.25, 0.3) is 0 Å². The molecule has 0 aliphatic carbocycles. The highest BCUT2D eigenvalue weighted by Crippen LogP contribution is 2.23. The van der Waals surface area contributed by atoms with E-state index in [4.69, 9.17) is 9.47 Å². The van der Waals surface area contributed by atoms with Gasteiger partial charge >= 0.3 is 0 Å². The molecule has 2 heterocycles. The third-order valence-electron chi connectivity index (χ3n) is 4.13. The Labute approximate surface area is 148 Å². The summed E-state index contributed by atoms with van der Waals surface area (Å²) >= 11 is 0. The second kappa shape index (κ2) is 8.94. The molecule has 1 unspecified atom stereocenters. The van der Waals surface area contributed by atoms with Gasteiger partial charge in [0.1, 0.15) is 6.61 Å². The number of hydrogen-bond donors (Lipinski definition) is 1. The maximum absolute atomic E-state index is 11.2. The molecule has 0 bridgehead atoms. The zero-order chi connectivity index (χ0) is 16.1. The monoisotopic (exact) mass is 347 g/mol. The Morgan fingerprint density at radius 3 is 2.33 bits per heavy atom. The summed E-state index contributed by atoms with van der Waals surface area (Å²) in [5.41, 5.74) is 4.51. The van der Waals surface area contributed by atoms with E-state index < -0.39 is 0 Å². The number of carbonyl (C=O) groups excluding carboxylic acids is 1. The molecule has 0 fully saturated rings. The SMILES string of the molecule is CNC1COCc2ccccc21.Cl.O=C1COCc2ccccc21. The van der Waals surface area contributed by atoms with Crippen LogP contribution in [0.4, 0.5) is 0 Å². The van der Waals surface area contributed by atoms with Gasteiger partial charge in [0, 0.05) is 5.56 Å². The van der Waals surface area contributed by atoms with Crippen molar-refractivity contribution in [3.05, 3.63) is 70.8 Å². The highest BCUT2D eigenvalue weighted by atomic mass is 35.5. The van der Waals surface area contributed by atoms with Crippen molar-refractivity contribution in [1.29, 1.82) is 0 Å². The fraction of sp³-hybridized carbons (Fsp3) is 0.316. The first-order chi connectivity index (χ1) is 11.3. The van der Waals surface area contributed by atoms with E-state index in [1.165, 1.54) is 11.1 Å².